The molecule has 0 spiro atoms. The maximum Gasteiger partial charge on any atom is 0.251 e. The Morgan fingerprint density at radius 2 is 2.00 bits per heavy atom. The summed E-state index contributed by atoms with van der Waals surface area (Å²) < 4.78 is 25.1. The van der Waals surface area contributed by atoms with Gasteiger partial charge in [0.15, 0.2) is 0 Å². The fourth-order valence-corrected chi connectivity index (χ4v) is 3.24. The van der Waals surface area contributed by atoms with Gasteiger partial charge < -0.3 is 5.32 Å². The average molecular weight is 262 g/mol. The van der Waals surface area contributed by atoms with E-state index in [0.29, 0.717) is 6.04 Å². The second-order valence-corrected chi connectivity index (χ2v) is 5.53. The molecule has 1 aliphatic rings. The Labute approximate surface area is 110 Å². The lowest BCUT2D eigenvalue weighted by atomic mass is 9.79. The summed E-state index contributed by atoms with van der Waals surface area (Å²) >= 11 is 0. The van der Waals surface area contributed by atoms with Gasteiger partial charge in [-0.05, 0) is 38.8 Å². The lowest BCUT2D eigenvalue weighted by Gasteiger charge is -2.41. The van der Waals surface area contributed by atoms with Gasteiger partial charge >= 0.3 is 0 Å². The third-order valence-corrected chi connectivity index (χ3v) is 4.08. The minimum Gasteiger partial charge on any atom is -0.313 e. The molecule has 1 aliphatic carbocycles. The Morgan fingerprint density at radius 1 is 1.28 bits per heavy atom. The van der Waals surface area contributed by atoms with Crippen LogP contribution in [0, 0.1) is 5.92 Å². The van der Waals surface area contributed by atoms with Crippen molar-refractivity contribution in [3.63, 3.8) is 0 Å². The van der Waals surface area contributed by atoms with E-state index in [9.17, 15) is 8.78 Å². The van der Waals surface area contributed by atoms with Crippen LogP contribution in [0.5, 0.6) is 0 Å². The monoisotopic (exact) mass is 262 g/mol. The molecule has 3 atom stereocenters. The smallest absolute Gasteiger partial charge is 0.251 e. The Hall–Kier alpha value is -0.220. The molecule has 0 saturated heterocycles. The van der Waals surface area contributed by atoms with E-state index in [1.54, 1.807) is 0 Å². The van der Waals surface area contributed by atoms with Crippen molar-refractivity contribution in [3.8, 4) is 0 Å². The molecule has 1 rings (SSSR count). The molecule has 0 aromatic carbocycles. The molecule has 18 heavy (non-hydrogen) atoms. The highest BCUT2D eigenvalue weighted by Gasteiger charge is 2.32. The van der Waals surface area contributed by atoms with Crippen molar-refractivity contribution in [2.45, 2.75) is 64.5 Å². The van der Waals surface area contributed by atoms with Gasteiger partial charge in [-0.15, -0.1) is 0 Å². The SMILES string of the molecule is CCCC1CCC(NCC)C(N(C)CC(F)F)C1. The molecule has 0 radical (unpaired) electrons. The molecule has 0 heterocycles. The minimum atomic E-state index is -2.23. The summed E-state index contributed by atoms with van der Waals surface area (Å²) in [5.41, 5.74) is 0. The number of nitrogens with one attached hydrogen (secondary N) is 1. The van der Waals surface area contributed by atoms with E-state index in [-0.39, 0.29) is 12.6 Å². The van der Waals surface area contributed by atoms with Crippen molar-refractivity contribution < 1.29 is 8.78 Å². The zero-order valence-corrected chi connectivity index (χ0v) is 12.0. The van der Waals surface area contributed by atoms with Gasteiger partial charge in [-0.25, -0.2) is 8.78 Å². The zero-order valence-electron chi connectivity index (χ0n) is 12.0. The molecule has 1 fully saturated rings. The van der Waals surface area contributed by atoms with Gasteiger partial charge in [-0.1, -0.05) is 26.7 Å². The lowest BCUT2D eigenvalue weighted by Crippen LogP contribution is -2.53. The number of alkyl halides is 2. The van der Waals surface area contributed by atoms with E-state index in [1.165, 1.54) is 19.3 Å². The van der Waals surface area contributed by atoms with Crippen LogP contribution >= 0.6 is 0 Å². The third-order valence-electron chi connectivity index (χ3n) is 4.08. The van der Waals surface area contributed by atoms with Crippen LogP contribution in [0.25, 0.3) is 0 Å². The number of likely N-dealkylation sites (N-methyl/N-ethyl adjacent to an activating group) is 2. The number of nitrogens with zero attached hydrogens (tertiary/aromatic N) is 1. The van der Waals surface area contributed by atoms with Crippen molar-refractivity contribution >= 4 is 0 Å². The van der Waals surface area contributed by atoms with Crippen LogP contribution in [0.1, 0.15) is 46.0 Å². The highest BCUT2D eigenvalue weighted by atomic mass is 19.3. The molecule has 2 nitrogen and oxygen atoms in total. The summed E-state index contributed by atoms with van der Waals surface area (Å²) in [5, 5.41) is 3.46. The molecule has 0 aliphatic heterocycles. The highest BCUT2D eigenvalue weighted by molar-refractivity contribution is 4.90. The van der Waals surface area contributed by atoms with E-state index < -0.39 is 6.43 Å². The third kappa shape index (κ3) is 4.81. The van der Waals surface area contributed by atoms with Gasteiger partial charge in [-0.2, -0.15) is 0 Å². The molecule has 1 N–H and O–H groups in total. The highest BCUT2D eigenvalue weighted by Crippen LogP contribution is 2.30. The van der Waals surface area contributed by atoms with Gasteiger partial charge in [0, 0.05) is 12.1 Å². The second kappa shape index (κ2) is 8.05. The van der Waals surface area contributed by atoms with Gasteiger partial charge in [-0.3, -0.25) is 4.90 Å². The predicted molar refractivity (Wildman–Crippen MR) is 72.1 cm³/mol. The van der Waals surface area contributed by atoms with Crippen molar-refractivity contribution in [1.29, 1.82) is 0 Å². The van der Waals surface area contributed by atoms with Crippen LogP contribution in [0.2, 0.25) is 0 Å². The topological polar surface area (TPSA) is 15.3 Å². The number of hydrogen-bond acceptors (Lipinski definition) is 2. The lowest BCUT2D eigenvalue weighted by molar-refractivity contribution is 0.0481. The Morgan fingerprint density at radius 3 is 2.56 bits per heavy atom. The van der Waals surface area contributed by atoms with Crippen LogP contribution in [-0.4, -0.2) is 43.5 Å². The van der Waals surface area contributed by atoms with Crippen molar-refractivity contribution in [1.82, 2.24) is 10.2 Å². The van der Waals surface area contributed by atoms with Gasteiger partial charge in [0.1, 0.15) is 0 Å². The fourth-order valence-electron chi connectivity index (χ4n) is 3.24. The first kappa shape index (κ1) is 15.8. The second-order valence-electron chi connectivity index (χ2n) is 5.53. The van der Waals surface area contributed by atoms with E-state index in [4.69, 9.17) is 0 Å². The minimum absolute atomic E-state index is 0.106. The Balaban J connectivity index is 2.58. The van der Waals surface area contributed by atoms with Crippen LogP contribution in [0.15, 0.2) is 0 Å². The van der Waals surface area contributed by atoms with Gasteiger partial charge in [0.05, 0.1) is 6.54 Å². The fraction of sp³-hybridized carbons (Fsp3) is 1.00. The molecule has 0 aromatic heterocycles. The van der Waals surface area contributed by atoms with Crippen LogP contribution in [-0.2, 0) is 0 Å². The summed E-state index contributed by atoms with van der Waals surface area (Å²) in [6.07, 6.45) is 3.62. The molecule has 0 bridgehead atoms. The van der Waals surface area contributed by atoms with Crippen LogP contribution in [0.4, 0.5) is 8.78 Å². The van der Waals surface area contributed by atoms with E-state index >= 15 is 0 Å². The molecular formula is C14H28F2N2. The summed E-state index contributed by atoms with van der Waals surface area (Å²) in [5.74, 6) is 0.718. The Bertz CT molecular complexity index is 224. The summed E-state index contributed by atoms with van der Waals surface area (Å²) in [7, 11) is 1.84. The standard InChI is InChI=1S/C14H28F2N2/c1-4-6-11-7-8-12(17-5-2)13(9-11)18(3)10-14(15)16/h11-14,17H,4-10H2,1-3H3. The summed E-state index contributed by atoms with van der Waals surface area (Å²) in [6, 6.07) is 0.649. The van der Waals surface area contributed by atoms with E-state index in [2.05, 4.69) is 19.2 Å². The molecular weight excluding hydrogens is 234 g/mol. The van der Waals surface area contributed by atoms with Gasteiger partial charge in [0.2, 0.25) is 0 Å². The van der Waals surface area contributed by atoms with E-state index in [1.807, 2.05) is 11.9 Å². The van der Waals surface area contributed by atoms with E-state index in [0.717, 1.165) is 25.3 Å². The largest absolute Gasteiger partial charge is 0.313 e. The molecule has 0 amide bonds. The van der Waals surface area contributed by atoms with Gasteiger partial charge in [0.25, 0.3) is 6.43 Å². The first-order chi connectivity index (χ1) is 8.58. The van der Waals surface area contributed by atoms with Crippen molar-refractivity contribution in [3.05, 3.63) is 0 Å². The van der Waals surface area contributed by atoms with Crippen molar-refractivity contribution in [2.75, 3.05) is 20.1 Å². The summed E-state index contributed by atoms with van der Waals surface area (Å²) in [4.78, 5) is 1.86. The maximum atomic E-state index is 12.5. The molecule has 0 aromatic rings. The zero-order chi connectivity index (χ0) is 13.5. The first-order valence-corrected chi connectivity index (χ1v) is 7.30. The molecule has 108 valence electrons. The summed E-state index contributed by atoms with van der Waals surface area (Å²) in [6.45, 7) is 5.10. The molecule has 4 heteroatoms. The number of hydrogen-bond donors (Lipinski definition) is 1. The van der Waals surface area contributed by atoms with Crippen LogP contribution in [0.3, 0.4) is 0 Å². The normalized spacial score (nSPS) is 29.2. The first-order valence-electron chi connectivity index (χ1n) is 7.30. The quantitative estimate of drug-likeness (QED) is 0.758. The van der Waals surface area contributed by atoms with Crippen molar-refractivity contribution in [2.24, 2.45) is 5.92 Å². The average Bonchev–Trinajstić information content (AvgIpc) is 2.30. The predicted octanol–water partition coefficient (Wildman–Crippen LogP) is 3.13. The molecule has 1 saturated carbocycles. The maximum absolute atomic E-state index is 12.5. The number of rotatable bonds is 7. The molecule has 3 unspecified atom stereocenters. The van der Waals surface area contributed by atoms with Crippen LogP contribution < -0.4 is 5.32 Å². The Kier molecular flexibility index (Phi) is 7.08. The number of halogens is 2.